The normalized spacial score (nSPS) is 17.9. The number of aliphatic hydroxyl groups excluding tert-OH is 2. The number of carbonyl (C=O) groups excluding carboxylic acids is 2. The highest BCUT2D eigenvalue weighted by molar-refractivity contribution is 5.77. The van der Waals surface area contributed by atoms with E-state index in [1.54, 1.807) is 0 Å². The van der Waals surface area contributed by atoms with Crippen LogP contribution in [0.1, 0.15) is 6.92 Å². The molecule has 0 saturated carbocycles. The minimum atomic E-state index is -1.36. The number of hydrogen-bond acceptors (Lipinski definition) is 6. The van der Waals surface area contributed by atoms with E-state index >= 15 is 0 Å². The van der Waals surface area contributed by atoms with Crippen molar-refractivity contribution in [1.82, 2.24) is 5.32 Å². The Balaban J connectivity index is 4.62. The van der Waals surface area contributed by atoms with Crippen LogP contribution >= 0.6 is 0 Å². The van der Waals surface area contributed by atoms with E-state index in [9.17, 15) is 19.8 Å². The lowest BCUT2D eigenvalue weighted by molar-refractivity contribution is -0.133. The minimum absolute atomic E-state index is 0.0543. The van der Waals surface area contributed by atoms with Gasteiger partial charge in [-0.2, -0.15) is 0 Å². The van der Waals surface area contributed by atoms with Crippen LogP contribution in [-0.2, 0) is 19.1 Å². The van der Waals surface area contributed by atoms with Crippen molar-refractivity contribution in [2.75, 3.05) is 20.8 Å². The highest BCUT2D eigenvalue weighted by atomic mass is 16.5. The molecule has 0 saturated heterocycles. The van der Waals surface area contributed by atoms with Gasteiger partial charge in [-0.25, -0.2) is 0 Å². The molecular formula is C10H19NO6. The fraction of sp³-hybridized carbons (Fsp3) is 0.800. The molecule has 0 radical (unpaired) electrons. The molecule has 0 rings (SSSR count). The van der Waals surface area contributed by atoms with Gasteiger partial charge in [-0.3, -0.25) is 4.79 Å². The Morgan fingerprint density at radius 2 is 2.00 bits per heavy atom. The zero-order valence-electron chi connectivity index (χ0n) is 10.1. The summed E-state index contributed by atoms with van der Waals surface area (Å²) in [4.78, 5) is 21.6. The first-order chi connectivity index (χ1) is 7.97. The van der Waals surface area contributed by atoms with Crippen LogP contribution in [0.25, 0.3) is 0 Å². The van der Waals surface area contributed by atoms with Crippen LogP contribution in [0.4, 0.5) is 0 Å². The molecule has 0 aliphatic carbocycles. The molecule has 0 fully saturated rings. The predicted octanol–water partition coefficient (Wildman–Crippen LogP) is -1.93. The molecule has 0 aromatic carbocycles. The van der Waals surface area contributed by atoms with Crippen molar-refractivity contribution in [2.24, 2.45) is 0 Å². The van der Waals surface area contributed by atoms with Crippen molar-refractivity contribution in [3.8, 4) is 0 Å². The number of aldehydes is 1. The van der Waals surface area contributed by atoms with Crippen LogP contribution in [0.3, 0.4) is 0 Å². The predicted molar refractivity (Wildman–Crippen MR) is 58.4 cm³/mol. The Morgan fingerprint density at radius 1 is 1.41 bits per heavy atom. The van der Waals surface area contributed by atoms with E-state index in [0.717, 1.165) is 0 Å². The summed E-state index contributed by atoms with van der Waals surface area (Å²) in [5.41, 5.74) is 0. The van der Waals surface area contributed by atoms with E-state index in [0.29, 0.717) is 6.29 Å². The number of ether oxygens (including phenoxy) is 2. The van der Waals surface area contributed by atoms with Gasteiger partial charge in [0.1, 0.15) is 30.6 Å². The minimum Gasteiger partial charge on any atom is -0.388 e. The first-order valence-corrected chi connectivity index (χ1v) is 5.08. The lowest BCUT2D eigenvalue weighted by Gasteiger charge is -2.29. The highest BCUT2D eigenvalue weighted by Gasteiger charge is 2.33. The molecule has 2 unspecified atom stereocenters. The van der Waals surface area contributed by atoms with Gasteiger partial charge in [0.25, 0.3) is 0 Å². The molecule has 3 N–H and O–H groups in total. The zero-order valence-corrected chi connectivity index (χ0v) is 10.1. The smallest absolute Gasteiger partial charge is 0.217 e. The summed E-state index contributed by atoms with van der Waals surface area (Å²) < 4.78 is 9.61. The Morgan fingerprint density at radius 3 is 2.35 bits per heavy atom. The monoisotopic (exact) mass is 249 g/mol. The van der Waals surface area contributed by atoms with E-state index in [1.165, 1.54) is 21.1 Å². The van der Waals surface area contributed by atoms with Gasteiger partial charge in [0, 0.05) is 21.1 Å². The number of amides is 1. The molecule has 100 valence electrons. The van der Waals surface area contributed by atoms with Crippen LogP contribution < -0.4 is 5.32 Å². The molecule has 7 heteroatoms. The van der Waals surface area contributed by atoms with Crippen molar-refractivity contribution >= 4 is 12.2 Å². The SMILES string of the molecule is COCC(O)[C@H](OC)[C@H](O)C(C=O)NC(C)=O. The fourth-order valence-corrected chi connectivity index (χ4v) is 1.43. The number of rotatable bonds is 8. The summed E-state index contributed by atoms with van der Waals surface area (Å²) in [5, 5.41) is 21.7. The van der Waals surface area contributed by atoms with E-state index < -0.39 is 30.3 Å². The van der Waals surface area contributed by atoms with E-state index in [2.05, 4.69) is 5.32 Å². The molecule has 0 bridgehead atoms. The van der Waals surface area contributed by atoms with Gasteiger partial charge in [-0.05, 0) is 0 Å². The fourth-order valence-electron chi connectivity index (χ4n) is 1.43. The van der Waals surface area contributed by atoms with Gasteiger partial charge < -0.3 is 29.8 Å². The summed E-state index contributed by atoms with van der Waals surface area (Å²) >= 11 is 0. The highest BCUT2D eigenvalue weighted by Crippen LogP contribution is 2.08. The maximum Gasteiger partial charge on any atom is 0.217 e. The molecule has 0 aromatic rings. The number of nitrogens with one attached hydrogen (secondary N) is 1. The molecule has 0 aromatic heterocycles. The third-order valence-corrected chi connectivity index (χ3v) is 2.21. The molecule has 4 atom stereocenters. The van der Waals surface area contributed by atoms with Crippen molar-refractivity contribution in [1.29, 1.82) is 0 Å². The second kappa shape index (κ2) is 8.13. The van der Waals surface area contributed by atoms with Gasteiger partial charge in [0.2, 0.25) is 5.91 Å². The average Bonchev–Trinajstić information content (AvgIpc) is 2.26. The topological polar surface area (TPSA) is 105 Å². The average molecular weight is 249 g/mol. The summed E-state index contributed by atoms with van der Waals surface area (Å²) in [7, 11) is 2.66. The summed E-state index contributed by atoms with van der Waals surface area (Å²) in [5.74, 6) is -0.461. The van der Waals surface area contributed by atoms with Gasteiger partial charge in [-0.1, -0.05) is 0 Å². The Hall–Kier alpha value is -1.02. The molecule has 0 aliphatic heterocycles. The Bertz CT molecular complexity index is 247. The molecule has 0 spiro atoms. The van der Waals surface area contributed by atoms with Gasteiger partial charge >= 0.3 is 0 Å². The second-order valence-electron chi connectivity index (χ2n) is 3.58. The van der Waals surface area contributed by atoms with E-state index in [-0.39, 0.29) is 6.61 Å². The Labute approximate surface area is 99.7 Å². The van der Waals surface area contributed by atoms with E-state index in [1.807, 2.05) is 0 Å². The first-order valence-electron chi connectivity index (χ1n) is 5.08. The van der Waals surface area contributed by atoms with Crippen molar-refractivity contribution in [2.45, 2.75) is 31.3 Å². The van der Waals surface area contributed by atoms with Gasteiger partial charge in [-0.15, -0.1) is 0 Å². The zero-order chi connectivity index (χ0) is 13.4. The maximum absolute atomic E-state index is 10.8. The largest absolute Gasteiger partial charge is 0.388 e. The summed E-state index contributed by atoms with van der Waals surface area (Å²) in [6.45, 7) is 1.16. The standard InChI is InChI=1S/C10H19NO6/c1-6(13)11-7(4-12)9(15)10(17-3)8(14)5-16-2/h4,7-10,14-15H,5H2,1-3H3,(H,11,13)/t7?,8?,9-,10+/m1/s1. The number of carbonyl (C=O) groups is 2. The maximum atomic E-state index is 10.8. The molecule has 0 aliphatic rings. The molecule has 7 nitrogen and oxygen atoms in total. The summed E-state index contributed by atoms with van der Waals surface area (Å²) in [6.07, 6.45) is -3.10. The van der Waals surface area contributed by atoms with Crippen LogP contribution in [0.15, 0.2) is 0 Å². The summed E-state index contributed by atoms with van der Waals surface area (Å²) in [6, 6.07) is -1.14. The van der Waals surface area contributed by atoms with Gasteiger partial charge in [0.15, 0.2) is 0 Å². The first kappa shape index (κ1) is 16.0. The second-order valence-corrected chi connectivity index (χ2v) is 3.58. The lowest BCUT2D eigenvalue weighted by Crippen LogP contribution is -2.53. The quantitative estimate of drug-likeness (QED) is 0.433. The van der Waals surface area contributed by atoms with Crippen LogP contribution in [0, 0.1) is 0 Å². The van der Waals surface area contributed by atoms with Crippen molar-refractivity contribution < 1.29 is 29.3 Å². The third-order valence-electron chi connectivity index (χ3n) is 2.21. The molecule has 17 heavy (non-hydrogen) atoms. The molecule has 1 amide bonds. The number of methoxy groups -OCH3 is 2. The number of hydrogen-bond donors (Lipinski definition) is 3. The third kappa shape index (κ3) is 5.22. The number of aliphatic hydroxyl groups is 2. The van der Waals surface area contributed by atoms with Crippen molar-refractivity contribution in [3.05, 3.63) is 0 Å². The molecular weight excluding hydrogens is 230 g/mol. The van der Waals surface area contributed by atoms with Crippen LogP contribution in [0.2, 0.25) is 0 Å². The molecule has 0 heterocycles. The van der Waals surface area contributed by atoms with Crippen molar-refractivity contribution in [3.63, 3.8) is 0 Å². The lowest BCUT2D eigenvalue weighted by atomic mass is 10.0. The Kier molecular flexibility index (Phi) is 7.64. The van der Waals surface area contributed by atoms with Crippen LogP contribution in [0.5, 0.6) is 0 Å². The van der Waals surface area contributed by atoms with E-state index in [4.69, 9.17) is 9.47 Å². The van der Waals surface area contributed by atoms with Crippen LogP contribution in [-0.4, -0.2) is 67.6 Å². The van der Waals surface area contributed by atoms with Gasteiger partial charge in [0.05, 0.1) is 6.61 Å².